The lowest BCUT2D eigenvalue weighted by Gasteiger charge is -2.25. The maximum absolute atomic E-state index is 12.7. The van der Waals surface area contributed by atoms with E-state index in [2.05, 4.69) is 15.9 Å². The quantitative estimate of drug-likeness (QED) is 0.564. The second kappa shape index (κ2) is 7.44. The minimum Gasteiger partial charge on any atom is -0.496 e. The number of amides is 1. The van der Waals surface area contributed by atoms with Gasteiger partial charge in [-0.25, -0.2) is 0 Å². The number of non-ortho nitro benzene ring substituents is 1. The van der Waals surface area contributed by atoms with Crippen molar-refractivity contribution >= 4 is 27.5 Å². The number of ether oxygens (including phenoxy) is 1. The van der Waals surface area contributed by atoms with Gasteiger partial charge in [-0.1, -0.05) is 12.1 Å². The number of nitro benzene ring substituents is 1. The Hall–Kier alpha value is -2.41. The summed E-state index contributed by atoms with van der Waals surface area (Å²) in [7, 11) is 3.22. The van der Waals surface area contributed by atoms with Crippen LogP contribution in [0.1, 0.15) is 28.9 Å². The molecule has 0 saturated heterocycles. The lowest BCUT2D eigenvalue weighted by atomic mass is 10.1. The largest absolute Gasteiger partial charge is 0.496 e. The third-order valence-electron chi connectivity index (χ3n) is 3.86. The van der Waals surface area contributed by atoms with Gasteiger partial charge in [0, 0.05) is 24.7 Å². The van der Waals surface area contributed by atoms with E-state index in [9.17, 15) is 14.9 Å². The Balaban J connectivity index is 2.25. The zero-order valence-electron chi connectivity index (χ0n) is 13.5. The molecule has 6 nitrogen and oxygen atoms in total. The van der Waals surface area contributed by atoms with Crippen LogP contribution in [-0.4, -0.2) is 29.9 Å². The van der Waals surface area contributed by atoms with Crippen molar-refractivity contribution in [3.63, 3.8) is 0 Å². The van der Waals surface area contributed by atoms with Crippen molar-refractivity contribution in [2.75, 3.05) is 14.2 Å². The Labute approximate surface area is 148 Å². The summed E-state index contributed by atoms with van der Waals surface area (Å²) in [6.45, 7) is 1.83. The normalized spacial score (nSPS) is 11.7. The van der Waals surface area contributed by atoms with Crippen LogP contribution in [0.25, 0.3) is 0 Å². The summed E-state index contributed by atoms with van der Waals surface area (Å²) in [4.78, 5) is 24.7. The molecular formula is C17H17BrN2O4. The van der Waals surface area contributed by atoms with Crippen LogP contribution in [-0.2, 0) is 0 Å². The standard InChI is InChI=1S/C17H17BrN2O4/c1-11(12-5-4-6-14(9-12)20(22)23)19(2)17(21)13-7-8-16(24-3)15(18)10-13/h4-11H,1-3H3/t11-/m0/s1. The van der Waals surface area contributed by atoms with Gasteiger partial charge in [0.1, 0.15) is 5.75 Å². The first-order valence-electron chi connectivity index (χ1n) is 7.20. The van der Waals surface area contributed by atoms with E-state index in [1.54, 1.807) is 49.4 Å². The smallest absolute Gasteiger partial charge is 0.269 e. The van der Waals surface area contributed by atoms with Gasteiger partial charge in [-0.05, 0) is 46.6 Å². The minimum atomic E-state index is -0.446. The lowest BCUT2D eigenvalue weighted by Crippen LogP contribution is -2.29. The molecule has 1 atom stereocenters. The molecule has 0 spiro atoms. The third kappa shape index (κ3) is 3.73. The highest BCUT2D eigenvalue weighted by molar-refractivity contribution is 9.10. The predicted octanol–water partition coefficient (Wildman–Crippen LogP) is 4.20. The fraction of sp³-hybridized carbons (Fsp3) is 0.235. The monoisotopic (exact) mass is 392 g/mol. The summed E-state index contributed by atoms with van der Waals surface area (Å²) in [6, 6.07) is 11.1. The fourth-order valence-electron chi connectivity index (χ4n) is 2.30. The van der Waals surface area contributed by atoms with Gasteiger partial charge in [-0.15, -0.1) is 0 Å². The molecule has 1 amide bonds. The van der Waals surface area contributed by atoms with E-state index in [1.165, 1.54) is 12.1 Å². The number of hydrogen-bond donors (Lipinski definition) is 0. The molecule has 0 saturated carbocycles. The molecule has 2 rings (SSSR count). The maximum atomic E-state index is 12.7. The van der Waals surface area contributed by atoms with Crippen LogP contribution in [0.5, 0.6) is 5.75 Å². The number of benzene rings is 2. The summed E-state index contributed by atoms with van der Waals surface area (Å²) in [5.74, 6) is 0.457. The first-order valence-corrected chi connectivity index (χ1v) is 7.99. The Kier molecular flexibility index (Phi) is 5.56. The van der Waals surface area contributed by atoms with Crippen molar-refractivity contribution in [2.45, 2.75) is 13.0 Å². The first-order chi connectivity index (χ1) is 11.3. The second-order valence-corrected chi connectivity index (χ2v) is 6.15. The molecule has 24 heavy (non-hydrogen) atoms. The molecule has 7 heteroatoms. The molecule has 0 unspecified atom stereocenters. The number of hydrogen-bond acceptors (Lipinski definition) is 4. The Morgan fingerprint density at radius 2 is 2.00 bits per heavy atom. The van der Waals surface area contributed by atoms with Crippen molar-refractivity contribution < 1.29 is 14.5 Å². The molecule has 0 N–H and O–H groups in total. The molecule has 0 aromatic heterocycles. The van der Waals surface area contributed by atoms with Gasteiger partial charge in [0.15, 0.2) is 0 Å². The average Bonchev–Trinajstić information content (AvgIpc) is 2.59. The minimum absolute atomic E-state index is 0.00684. The second-order valence-electron chi connectivity index (χ2n) is 5.29. The summed E-state index contributed by atoms with van der Waals surface area (Å²) in [6.07, 6.45) is 0. The van der Waals surface area contributed by atoms with Crippen molar-refractivity contribution in [3.05, 3.63) is 68.2 Å². The zero-order valence-corrected chi connectivity index (χ0v) is 15.1. The van der Waals surface area contributed by atoms with E-state index in [4.69, 9.17) is 4.74 Å². The number of methoxy groups -OCH3 is 1. The van der Waals surface area contributed by atoms with Crippen molar-refractivity contribution in [3.8, 4) is 5.75 Å². The number of carbonyl (C=O) groups excluding carboxylic acids is 1. The van der Waals surface area contributed by atoms with Gasteiger partial charge in [-0.3, -0.25) is 14.9 Å². The van der Waals surface area contributed by atoms with Crippen LogP contribution in [0.2, 0.25) is 0 Å². The number of nitrogens with zero attached hydrogens (tertiary/aromatic N) is 2. The zero-order chi connectivity index (χ0) is 17.9. The van der Waals surface area contributed by atoms with Crippen LogP contribution < -0.4 is 4.74 Å². The summed E-state index contributed by atoms with van der Waals surface area (Å²) in [5.41, 5.74) is 1.21. The summed E-state index contributed by atoms with van der Waals surface area (Å²) in [5, 5.41) is 10.9. The highest BCUT2D eigenvalue weighted by atomic mass is 79.9. The van der Waals surface area contributed by atoms with Crippen LogP contribution >= 0.6 is 15.9 Å². The van der Waals surface area contributed by atoms with Gasteiger partial charge in [0.2, 0.25) is 0 Å². The molecule has 2 aromatic carbocycles. The molecule has 126 valence electrons. The van der Waals surface area contributed by atoms with Gasteiger partial charge in [0.05, 0.1) is 22.5 Å². The lowest BCUT2D eigenvalue weighted by molar-refractivity contribution is -0.384. The first kappa shape index (κ1) is 17.9. The highest BCUT2D eigenvalue weighted by Crippen LogP contribution is 2.28. The molecule has 0 aliphatic heterocycles. The van der Waals surface area contributed by atoms with Gasteiger partial charge in [0.25, 0.3) is 11.6 Å². The van der Waals surface area contributed by atoms with Crippen molar-refractivity contribution in [2.24, 2.45) is 0 Å². The van der Waals surface area contributed by atoms with Crippen LogP contribution in [0.3, 0.4) is 0 Å². The average molecular weight is 393 g/mol. The van der Waals surface area contributed by atoms with E-state index in [0.29, 0.717) is 21.3 Å². The van der Waals surface area contributed by atoms with E-state index in [-0.39, 0.29) is 17.6 Å². The number of nitro groups is 1. The van der Waals surface area contributed by atoms with Crippen molar-refractivity contribution in [1.82, 2.24) is 4.90 Å². The Morgan fingerprint density at radius 1 is 1.29 bits per heavy atom. The molecule has 0 heterocycles. The molecule has 2 aromatic rings. The summed E-state index contributed by atoms with van der Waals surface area (Å²) >= 11 is 3.36. The molecule has 0 radical (unpaired) electrons. The SMILES string of the molecule is COc1ccc(C(=O)N(C)[C@@H](C)c2cccc([N+](=O)[O-])c2)cc1Br. The van der Waals surface area contributed by atoms with Crippen LogP contribution in [0.4, 0.5) is 5.69 Å². The topological polar surface area (TPSA) is 72.7 Å². The van der Waals surface area contributed by atoms with Crippen LogP contribution in [0.15, 0.2) is 46.9 Å². The van der Waals surface area contributed by atoms with E-state index in [1.807, 2.05) is 6.92 Å². The van der Waals surface area contributed by atoms with Gasteiger partial charge in [-0.2, -0.15) is 0 Å². The maximum Gasteiger partial charge on any atom is 0.269 e. The Bertz CT molecular complexity index is 779. The van der Waals surface area contributed by atoms with E-state index >= 15 is 0 Å². The van der Waals surface area contributed by atoms with E-state index < -0.39 is 4.92 Å². The number of halogens is 1. The van der Waals surface area contributed by atoms with E-state index in [0.717, 1.165) is 0 Å². The summed E-state index contributed by atoms with van der Waals surface area (Å²) < 4.78 is 5.84. The van der Waals surface area contributed by atoms with Gasteiger partial charge < -0.3 is 9.64 Å². The molecule has 0 bridgehead atoms. The highest BCUT2D eigenvalue weighted by Gasteiger charge is 2.21. The van der Waals surface area contributed by atoms with Crippen molar-refractivity contribution in [1.29, 1.82) is 0 Å². The van der Waals surface area contributed by atoms with Gasteiger partial charge >= 0.3 is 0 Å². The molecule has 0 fully saturated rings. The molecule has 0 aliphatic carbocycles. The third-order valence-corrected chi connectivity index (χ3v) is 4.48. The number of rotatable bonds is 5. The predicted molar refractivity (Wildman–Crippen MR) is 94.3 cm³/mol. The van der Waals surface area contributed by atoms with Crippen LogP contribution in [0, 0.1) is 10.1 Å². The Morgan fingerprint density at radius 3 is 2.58 bits per heavy atom. The number of carbonyl (C=O) groups is 1. The molecular weight excluding hydrogens is 376 g/mol. The molecule has 0 aliphatic rings. The fourth-order valence-corrected chi connectivity index (χ4v) is 2.84.